The summed E-state index contributed by atoms with van der Waals surface area (Å²) >= 11 is 0. The average molecular weight is 125 g/mol. The molecule has 0 radical (unpaired) electrons. The van der Waals surface area contributed by atoms with E-state index in [4.69, 9.17) is 4.84 Å². The van der Waals surface area contributed by atoms with Gasteiger partial charge in [-0.1, -0.05) is 18.7 Å². The molecule has 0 bridgehead atoms. The first-order valence-electron chi connectivity index (χ1n) is 3.08. The molecular weight excluding hydrogens is 114 g/mol. The predicted octanol–water partition coefficient (Wildman–Crippen LogP) is 1.58. The Morgan fingerprint density at radius 2 is 2.44 bits per heavy atom. The number of hydrogen-bond acceptors (Lipinski definition) is 2. The van der Waals surface area contributed by atoms with Crippen molar-refractivity contribution in [3.05, 3.63) is 12.7 Å². The van der Waals surface area contributed by atoms with Crippen LogP contribution in [0.15, 0.2) is 17.8 Å². The predicted molar refractivity (Wildman–Crippen MR) is 37.3 cm³/mol. The van der Waals surface area contributed by atoms with E-state index in [0.717, 1.165) is 5.71 Å². The van der Waals surface area contributed by atoms with Gasteiger partial charge in [0.25, 0.3) is 0 Å². The summed E-state index contributed by atoms with van der Waals surface area (Å²) in [6.45, 7) is 7.68. The van der Waals surface area contributed by atoms with Gasteiger partial charge in [-0.25, -0.2) is 0 Å². The Bertz CT molecular complexity index is 151. The van der Waals surface area contributed by atoms with Crippen LogP contribution in [0.25, 0.3) is 0 Å². The van der Waals surface area contributed by atoms with Crippen molar-refractivity contribution in [1.82, 2.24) is 0 Å². The molecule has 0 aliphatic carbocycles. The van der Waals surface area contributed by atoms with Crippen molar-refractivity contribution in [2.45, 2.75) is 20.0 Å². The minimum absolute atomic E-state index is 0.102. The highest BCUT2D eigenvalue weighted by molar-refractivity contribution is 5.85. The molecule has 0 aromatic heterocycles. The number of hydrogen-bond donors (Lipinski definition) is 0. The maximum absolute atomic E-state index is 5.00. The summed E-state index contributed by atoms with van der Waals surface area (Å²) < 4.78 is 0. The lowest BCUT2D eigenvalue weighted by molar-refractivity contribution is 0.101. The minimum atomic E-state index is 0.102. The van der Waals surface area contributed by atoms with Crippen molar-refractivity contribution in [2.75, 3.05) is 0 Å². The second kappa shape index (κ2) is 2.21. The van der Waals surface area contributed by atoms with Crippen LogP contribution in [-0.2, 0) is 4.84 Å². The monoisotopic (exact) mass is 125 g/mol. The van der Waals surface area contributed by atoms with Crippen LogP contribution in [0.5, 0.6) is 0 Å². The fraction of sp³-hybridized carbons (Fsp3) is 0.571. The van der Waals surface area contributed by atoms with Gasteiger partial charge in [-0.2, -0.15) is 0 Å². The van der Waals surface area contributed by atoms with Crippen molar-refractivity contribution in [3.63, 3.8) is 0 Å². The summed E-state index contributed by atoms with van der Waals surface area (Å²) in [5.74, 6) is 0.405. The molecule has 0 saturated heterocycles. The van der Waals surface area contributed by atoms with Gasteiger partial charge in [0, 0.05) is 5.92 Å². The summed E-state index contributed by atoms with van der Waals surface area (Å²) in [5, 5.41) is 3.81. The Hall–Kier alpha value is -0.790. The highest BCUT2D eigenvalue weighted by Crippen LogP contribution is 2.17. The van der Waals surface area contributed by atoms with Crippen molar-refractivity contribution in [2.24, 2.45) is 11.1 Å². The normalized spacial score (nSPS) is 33.3. The van der Waals surface area contributed by atoms with Gasteiger partial charge in [-0.3, -0.25) is 0 Å². The highest BCUT2D eigenvalue weighted by atomic mass is 16.6. The topological polar surface area (TPSA) is 21.6 Å². The fourth-order valence-electron chi connectivity index (χ4n) is 0.803. The first-order chi connectivity index (χ1) is 4.25. The van der Waals surface area contributed by atoms with Gasteiger partial charge in [-0.05, 0) is 13.0 Å². The van der Waals surface area contributed by atoms with Crippen LogP contribution in [0.2, 0.25) is 0 Å². The maximum atomic E-state index is 5.00. The van der Waals surface area contributed by atoms with E-state index >= 15 is 0 Å². The average Bonchev–Trinajstić information content (AvgIpc) is 2.15. The van der Waals surface area contributed by atoms with E-state index in [1.54, 1.807) is 6.08 Å². The van der Waals surface area contributed by atoms with E-state index in [0.29, 0.717) is 5.92 Å². The maximum Gasteiger partial charge on any atom is 0.153 e. The highest BCUT2D eigenvalue weighted by Gasteiger charge is 2.23. The zero-order valence-electron chi connectivity index (χ0n) is 5.79. The molecule has 0 saturated carbocycles. The van der Waals surface area contributed by atoms with Crippen molar-refractivity contribution in [1.29, 1.82) is 0 Å². The second-order valence-corrected chi connectivity index (χ2v) is 2.33. The molecule has 2 atom stereocenters. The molecule has 0 N–H and O–H groups in total. The molecule has 1 aliphatic rings. The van der Waals surface area contributed by atoms with Crippen LogP contribution >= 0.6 is 0 Å². The zero-order chi connectivity index (χ0) is 6.85. The third-order valence-electron chi connectivity index (χ3n) is 1.70. The van der Waals surface area contributed by atoms with E-state index in [1.165, 1.54) is 0 Å². The van der Waals surface area contributed by atoms with Crippen LogP contribution in [0.4, 0.5) is 0 Å². The van der Waals surface area contributed by atoms with Crippen LogP contribution in [-0.4, -0.2) is 11.8 Å². The number of oxime groups is 1. The Labute approximate surface area is 55.2 Å². The number of rotatable bonds is 1. The van der Waals surface area contributed by atoms with Crippen molar-refractivity contribution >= 4 is 5.71 Å². The lowest BCUT2D eigenvalue weighted by Gasteiger charge is -2.06. The third-order valence-corrected chi connectivity index (χ3v) is 1.70. The SMILES string of the molecule is C=C[C@H]1ON=C(C)[C@@H]1C. The lowest BCUT2D eigenvalue weighted by atomic mass is 10.0. The van der Waals surface area contributed by atoms with Crippen molar-refractivity contribution in [3.8, 4) is 0 Å². The van der Waals surface area contributed by atoms with Gasteiger partial charge in [0.15, 0.2) is 6.10 Å². The molecule has 2 heteroatoms. The minimum Gasteiger partial charge on any atom is -0.388 e. The summed E-state index contributed by atoms with van der Waals surface area (Å²) in [4.78, 5) is 5.00. The van der Waals surface area contributed by atoms with E-state index in [9.17, 15) is 0 Å². The molecule has 0 fully saturated rings. The molecule has 1 heterocycles. The van der Waals surface area contributed by atoms with Crippen LogP contribution in [0.1, 0.15) is 13.8 Å². The quantitative estimate of drug-likeness (QED) is 0.487. The molecular formula is C7H11NO. The molecule has 2 nitrogen and oxygen atoms in total. The van der Waals surface area contributed by atoms with Gasteiger partial charge in [0.1, 0.15) is 0 Å². The lowest BCUT2D eigenvalue weighted by Crippen LogP contribution is -2.15. The Kier molecular flexibility index (Phi) is 1.56. The van der Waals surface area contributed by atoms with Gasteiger partial charge in [0.05, 0.1) is 5.71 Å². The summed E-state index contributed by atoms with van der Waals surface area (Å²) in [6, 6.07) is 0. The molecule has 0 spiro atoms. The zero-order valence-corrected chi connectivity index (χ0v) is 5.79. The van der Waals surface area contributed by atoms with E-state index in [1.807, 2.05) is 6.92 Å². The Balaban J connectivity index is 2.61. The standard InChI is InChI=1S/C7H11NO/c1-4-7-5(2)6(3)8-9-7/h4-5,7H,1H2,2-3H3/t5-,7+/m0/s1. The van der Waals surface area contributed by atoms with Crippen LogP contribution in [0.3, 0.4) is 0 Å². The molecule has 9 heavy (non-hydrogen) atoms. The van der Waals surface area contributed by atoms with Crippen molar-refractivity contribution < 1.29 is 4.84 Å². The molecule has 0 aromatic carbocycles. The van der Waals surface area contributed by atoms with Crippen LogP contribution in [0, 0.1) is 5.92 Å². The smallest absolute Gasteiger partial charge is 0.153 e. The molecule has 0 aromatic rings. The van der Waals surface area contributed by atoms with E-state index < -0.39 is 0 Å². The first-order valence-corrected chi connectivity index (χ1v) is 3.08. The molecule has 1 aliphatic heterocycles. The summed E-state index contributed by atoms with van der Waals surface area (Å²) in [6.07, 6.45) is 1.88. The molecule has 50 valence electrons. The fourth-order valence-corrected chi connectivity index (χ4v) is 0.803. The van der Waals surface area contributed by atoms with Gasteiger partial charge >= 0.3 is 0 Å². The van der Waals surface area contributed by atoms with Gasteiger partial charge < -0.3 is 4.84 Å². The first kappa shape index (κ1) is 6.33. The van der Waals surface area contributed by atoms with Gasteiger partial charge in [-0.15, -0.1) is 0 Å². The molecule has 1 rings (SSSR count). The molecule has 0 unspecified atom stereocenters. The number of nitrogens with zero attached hydrogens (tertiary/aromatic N) is 1. The summed E-state index contributed by atoms with van der Waals surface area (Å²) in [5.41, 5.74) is 1.06. The van der Waals surface area contributed by atoms with Gasteiger partial charge in [0.2, 0.25) is 0 Å². The second-order valence-electron chi connectivity index (χ2n) is 2.33. The third kappa shape index (κ3) is 0.969. The van der Waals surface area contributed by atoms with E-state index in [-0.39, 0.29) is 6.10 Å². The Morgan fingerprint density at radius 1 is 1.78 bits per heavy atom. The Morgan fingerprint density at radius 3 is 2.67 bits per heavy atom. The van der Waals surface area contributed by atoms with Crippen LogP contribution < -0.4 is 0 Å². The largest absolute Gasteiger partial charge is 0.388 e. The molecule has 0 amide bonds. The van der Waals surface area contributed by atoms with E-state index in [2.05, 4.69) is 18.7 Å². The summed E-state index contributed by atoms with van der Waals surface area (Å²) in [7, 11) is 0.